The Balaban J connectivity index is 1.55. The summed E-state index contributed by atoms with van der Waals surface area (Å²) in [5.41, 5.74) is 0.269. The molecule has 4 aliphatic heterocycles. The van der Waals surface area contributed by atoms with Gasteiger partial charge in [-0.15, -0.1) is 0 Å². The fourth-order valence-electron chi connectivity index (χ4n) is 3.88. The number of epoxide rings is 2. The van der Waals surface area contributed by atoms with E-state index >= 15 is 0 Å². The molecule has 0 amide bonds. The summed E-state index contributed by atoms with van der Waals surface area (Å²) >= 11 is 0. The zero-order valence-electron chi connectivity index (χ0n) is 10.9. The number of hydrogen-bond acceptors (Lipinski definition) is 6. The highest BCUT2D eigenvalue weighted by molar-refractivity contribution is 5.93. The maximum atomic E-state index is 12.0. The van der Waals surface area contributed by atoms with Crippen LogP contribution in [0.15, 0.2) is 11.6 Å². The lowest BCUT2D eigenvalue weighted by Gasteiger charge is -2.23. The van der Waals surface area contributed by atoms with Gasteiger partial charge in [0.05, 0.1) is 17.6 Å². The van der Waals surface area contributed by atoms with Gasteiger partial charge in [0.25, 0.3) is 0 Å². The van der Waals surface area contributed by atoms with E-state index in [9.17, 15) is 9.59 Å². The van der Waals surface area contributed by atoms with E-state index in [2.05, 4.69) is 0 Å². The minimum Gasteiger partial charge on any atom is -0.462 e. The number of rotatable bonds is 0. The van der Waals surface area contributed by atoms with E-state index in [1.165, 1.54) is 0 Å². The number of esters is 2. The van der Waals surface area contributed by atoms with Crippen molar-refractivity contribution in [3.63, 3.8) is 0 Å². The Kier molecular flexibility index (Phi) is 1.84. The molecule has 20 heavy (non-hydrogen) atoms. The molecule has 0 N–H and O–H groups in total. The van der Waals surface area contributed by atoms with Gasteiger partial charge in [0.1, 0.15) is 30.5 Å². The molecule has 0 radical (unpaired) electrons. The van der Waals surface area contributed by atoms with Crippen molar-refractivity contribution in [1.82, 2.24) is 0 Å². The molecule has 0 spiro atoms. The Bertz CT molecular complexity index is 568. The van der Waals surface area contributed by atoms with Crippen LogP contribution in [0.1, 0.15) is 19.8 Å². The fourth-order valence-corrected chi connectivity index (χ4v) is 3.88. The van der Waals surface area contributed by atoms with Crippen LogP contribution >= 0.6 is 0 Å². The Morgan fingerprint density at radius 2 is 2.15 bits per heavy atom. The fraction of sp³-hybridized carbons (Fsp3) is 0.714. The van der Waals surface area contributed by atoms with Crippen LogP contribution in [0.4, 0.5) is 0 Å². The van der Waals surface area contributed by atoms with Crippen molar-refractivity contribution in [2.45, 2.75) is 55.9 Å². The highest BCUT2D eigenvalue weighted by Gasteiger charge is 2.68. The average Bonchev–Trinajstić information content (AvgIpc) is 3.20. The molecule has 4 heterocycles. The first-order valence-electron chi connectivity index (χ1n) is 7.01. The average molecular weight is 278 g/mol. The molecule has 0 unspecified atom stereocenters. The Morgan fingerprint density at radius 1 is 1.30 bits per heavy atom. The SMILES string of the molecule is C[C@]12C[C@@H]3OC(=O)C[C@H]3[C@H]3C=C(C(=O)O3)[C@H]3O[C@H]3[C@H]1O2. The molecule has 3 saturated heterocycles. The van der Waals surface area contributed by atoms with E-state index in [0.717, 1.165) is 0 Å². The summed E-state index contributed by atoms with van der Waals surface area (Å²) in [5.74, 6) is -0.662. The van der Waals surface area contributed by atoms with E-state index < -0.39 is 0 Å². The molecule has 5 rings (SSSR count). The maximum absolute atomic E-state index is 12.0. The summed E-state index contributed by atoms with van der Waals surface area (Å²) in [4.78, 5) is 23.6. The second kappa shape index (κ2) is 3.26. The van der Waals surface area contributed by atoms with Gasteiger partial charge in [0.15, 0.2) is 0 Å². The van der Waals surface area contributed by atoms with Gasteiger partial charge >= 0.3 is 11.9 Å². The molecule has 6 heteroatoms. The van der Waals surface area contributed by atoms with Crippen LogP contribution in [-0.4, -0.2) is 48.1 Å². The molecular formula is C14H14O6. The molecule has 5 aliphatic rings. The first-order chi connectivity index (χ1) is 9.55. The van der Waals surface area contributed by atoms with Crippen LogP contribution in [0, 0.1) is 5.92 Å². The first kappa shape index (κ1) is 11.3. The first-order valence-corrected chi connectivity index (χ1v) is 7.01. The second-order valence-electron chi connectivity index (χ2n) is 6.46. The number of carbonyl (C=O) groups excluding carboxylic acids is 2. The third-order valence-corrected chi connectivity index (χ3v) is 5.09. The number of ether oxygens (including phenoxy) is 4. The van der Waals surface area contributed by atoms with E-state index in [1.807, 2.05) is 13.0 Å². The van der Waals surface area contributed by atoms with Crippen molar-refractivity contribution in [2.75, 3.05) is 0 Å². The normalized spacial score (nSPS) is 55.0. The summed E-state index contributed by atoms with van der Waals surface area (Å²) < 4.78 is 22.2. The molecule has 3 fully saturated rings. The highest BCUT2D eigenvalue weighted by atomic mass is 16.7. The third-order valence-electron chi connectivity index (χ3n) is 5.09. The lowest BCUT2D eigenvalue weighted by atomic mass is 9.85. The molecule has 1 aliphatic carbocycles. The van der Waals surface area contributed by atoms with Gasteiger partial charge in [-0.05, 0) is 13.0 Å². The summed E-state index contributed by atoms with van der Waals surface area (Å²) in [6.45, 7) is 2.01. The summed E-state index contributed by atoms with van der Waals surface area (Å²) in [7, 11) is 0. The van der Waals surface area contributed by atoms with Crippen LogP contribution < -0.4 is 0 Å². The van der Waals surface area contributed by atoms with Gasteiger partial charge in [-0.2, -0.15) is 0 Å². The predicted molar refractivity (Wildman–Crippen MR) is 62.5 cm³/mol. The monoisotopic (exact) mass is 278 g/mol. The van der Waals surface area contributed by atoms with Crippen molar-refractivity contribution < 1.29 is 28.5 Å². The van der Waals surface area contributed by atoms with Crippen molar-refractivity contribution in [1.29, 1.82) is 0 Å². The largest absolute Gasteiger partial charge is 0.462 e. The Hall–Kier alpha value is -1.40. The third kappa shape index (κ3) is 1.36. The number of carbonyl (C=O) groups is 2. The molecule has 0 aromatic heterocycles. The van der Waals surface area contributed by atoms with Crippen LogP contribution in [0.2, 0.25) is 0 Å². The van der Waals surface area contributed by atoms with Crippen molar-refractivity contribution in [2.24, 2.45) is 5.92 Å². The quantitative estimate of drug-likeness (QED) is 0.462. The van der Waals surface area contributed by atoms with Crippen molar-refractivity contribution in [3.8, 4) is 0 Å². The van der Waals surface area contributed by atoms with Gasteiger partial charge in [-0.1, -0.05) is 0 Å². The van der Waals surface area contributed by atoms with Crippen LogP contribution in [0.5, 0.6) is 0 Å². The lowest BCUT2D eigenvalue weighted by molar-refractivity contribution is -0.143. The summed E-state index contributed by atoms with van der Waals surface area (Å²) in [6, 6.07) is 0. The molecule has 0 aromatic rings. The van der Waals surface area contributed by atoms with Gasteiger partial charge in [-0.3, -0.25) is 4.79 Å². The van der Waals surface area contributed by atoms with Crippen LogP contribution in [0.3, 0.4) is 0 Å². The highest BCUT2D eigenvalue weighted by Crippen LogP contribution is 2.54. The van der Waals surface area contributed by atoms with E-state index in [1.54, 1.807) is 0 Å². The zero-order valence-corrected chi connectivity index (χ0v) is 10.9. The molecule has 0 aromatic carbocycles. The van der Waals surface area contributed by atoms with Gasteiger partial charge in [0, 0.05) is 12.3 Å². The molecule has 6 nitrogen and oxygen atoms in total. The summed E-state index contributed by atoms with van der Waals surface area (Å²) in [6.07, 6.45) is 1.84. The minimum absolute atomic E-state index is 0.0155. The summed E-state index contributed by atoms with van der Waals surface area (Å²) in [5, 5.41) is 0. The Labute approximate surface area is 115 Å². The van der Waals surface area contributed by atoms with Crippen LogP contribution in [-0.2, 0) is 28.5 Å². The van der Waals surface area contributed by atoms with E-state index in [0.29, 0.717) is 18.4 Å². The maximum Gasteiger partial charge on any atom is 0.337 e. The molecule has 0 saturated carbocycles. The minimum atomic E-state index is -0.377. The van der Waals surface area contributed by atoms with Crippen molar-refractivity contribution >= 4 is 11.9 Å². The van der Waals surface area contributed by atoms with Crippen LogP contribution in [0.25, 0.3) is 0 Å². The molecule has 2 bridgehead atoms. The molecule has 106 valence electrons. The van der Waals surface area contributed by atoms with E-state index in [4.69, 9.17) is 18.9 Å². The molecule has 7 atom stereocenters. The van der Waals surface area contributed by atoms with Gasteiger partial charge < -0.3 is 18.9 Å². The van der Waals surface area contributed by atoms with Crippen molar-refractivity contribution in [3.05, 3.63) is 11.6 Å². The Morgan fingerprint density at radius 3 is 3.00 bits per heavy atom. The second-order valence-corrected chi connectivity index (χ2v) is 6.46. The number of fused-ring (bicyclic) bond motifs is 7. The topological polar surface area (TPSA) is 77.7 Å². The van der Waals surface area contributed by atoms with Gasteiger partial charge in [-0.25, -0.2) is 4.79 Å². The number of hydrogen-bond donors (Lipinski definition) is 0. The zero-order chi connectivity index (χ0) is 13.6. The lowest BCUT2D eigenvalue weighted by Crippen LogP contribution is -2.32. The van der Waals surface area contributed by atoms with Gasteiger partial charge in [0.2, 0.25) is 0 Å². The molecular weight excluding hydrogens is 264 g/mol. The predicted octanol–water partition coefficient (Wildman–Crippen LogP) is 0.0985. The standard InChI is InChI=1S/C14H14O6/c1-14-4-8-5(3-9(15)17-8)7-2-6(13(16)18-7)10-11(19-10)12(14)20-14/h2,5,7-8,10-12H,3-4H2,1H3/t5-,7+,8-,10+,11+,12+,14-/m0/s1. The van der Waals surface area contributed by atoms with E-state index in [-0.39, 0.29) is 54.0 Å². The smallest absolute Gasteiger partial charge is 0.337 e.